The number of hydrogen-bond acceptors (Lipinski definition) is 6. The molecule has 0 aliphatic heterocycles. The van der Waals surface area contributed by atoms with E-state index in [9.17, 15) is 14.4 Å². The summed E-state index contributed by atoms with van der Waals surface area (Å²) in [6.07, 6.45) is -3.39. The summed E-state index contributed by atoms with van der Waals surface area (Å²) in [4.78, 5) is 39.3. The highest BCUT2D eigenvalue weighted by Crippen LogP contribution is 2.26. The molecule has 0 aliphatic carbocycles. The third-order valence-corrected chi connectivity index (χ3v) is 8.57. The van der Waals surface area contributed by atoms with E-state index in [2.05, 4.69) is 35.7 Å². The van der Waals surface area contributed by atoms with E-state index in [4.69, 9.17) is 14.2 Å². The van der Waals surface area contributed by atoms with Crippen LogP contribution in [0.3, 0.4) is 0 Å². The Morgan fingerprint density at radius 2 is 0.922 bits per heavy atom. The molecule has 3 aromatic rings. The minimum atomic E-state index is -1.13. The quantitative estimate of drug-likeness (QED) is 0.145. The maximum absolute atomic E-state index is 13.2. The van der Waals surface area contributed by atoms with Crippen molar-refractivity contribution in [2.45, 2.75) is 85.0 Å². The molecule has 0 bridgehead atoms. The molecule has 3 rings (SSSR count). The number of carbonyl (C=O) groups excluding carboxylic acids is 3. The van der Waals surface area contributed by atoms with Gasteiger partial charge in [-0.05, 0) is 108 Å². The van der Waals surface area contributed by atoms with E-state index in [1.54, 1.807) is 0 Å². The molecule has 0 heterocycles. The molecule has 3 amide bonds. The summed E-state index contributed by atoms with van der Waals surface area (Å²) in [7, 11) is 0. The van der Waals surface area contributed by atoms with Crippen molar-refractivity contribution in [2.75, 3.05) is 13.2 Å². The Hall–Kier alpha value is -5.31. The Labute approximate surface area is 303 Å². The van der Waals surface area contributed by atoms with Crippen molar-refractivity contribution in [1.29, 1.82) is 0 Å². The summed E-state index contributed by atoms with van der Waals surface area (Å²) in [5, 5.41) is 8.60. The van der Waals surface area contributed by atoms with E-state index in [0.717, 1.165) is 50.1 Å². The van der Waals surface area contributed by atoms with Crippen molar-refractivity contribution in [2.24, 2.45) is 0 Å². The van der Waals surface area contributed by atoms with E-state index in [1.807, 2.05) is 135 Å². The summed E-state index contributed by atoms with van der Waals surface area (Å²) >= 11 is 0. The smallest absolute Gasteiger partial charge is 0.408 e. The number of alkyl carbamates (subject to hydrolysis) is 3. The number of allylic oxidation sites excluding steroid dienone is 3. The zero-order chi connectivity index (χ0) is 38.1. The van der Waals surface area contributed by atoms with Gasteiger partial charge < -0.3 is 30.2 Å². The van der Waals surface area contributed by atoms with Crippen LogP contribution in [0, 0.1) is 0 Å². The van der Waals surface area contributed by atoms with E-state index in [1.165, 1.54) is 0 Å². The Bertz CT molecular complexity index is 1680. The third-order valence-electron chi connectivity index (χ3n) is 8.57. The first-order valence-corrected chi connectivity index (χ1v) is 16.9. The van der Waals surface area contributed by atoms with Gasteiger partial charge in [-0.2, -0.15) is 0 Å². The standard InChI is InChI=1S/C42H53N3O6/c1-27(2)30-19-21-33(22-20-30)40(7,8)45-39(48)51-36(25-49-37(46)43-41(9,10)34-17-13-15-31(23-34)28(3)4)26-50-38(47)44-42(11,12)35-18-14-16-32(24-35)29(5)6/h13-24,36H,1,3,5,25-26H2,2,4,6-12H3,(H,43,46)(H,44,47)(H,45,48). The fourth-order valence-corrected chi connectivity index (χ4v) is 5.21. The number of ether oxygens (including phenoxy) is 3. The van der Waals surface area contributed by atoms with Crippen LogP contribution in [0.25, 0.3) is 16.7 Å². The minimum absolute atomic E-state index is 0.383. The van der Waals surface area contributed by atoms with E-state index in [-0.39, 0.29) is 13.2 Å². The topological polar surface area (TPSA) is 115 Å². The molecule has 9 nitrogen and oxygen atoms in total. The van der Waals surface area contributed by atoms with Crippen molar-refractivity contribution < 1.29 is 28.6 Å². The highest BCUT2D eigenvalue weighted by Gasteiger charge is 2.30. The number of hydrogen-bond donors (Lipinski definition) is 3. The lowest BCUT2D eigenvalue weighted by molar-refractivity contribution is 0.00251. The molecule has 0 fully saturated rings. The van der Waals surface area contributed by atoms with Gasteiger partial charge in [0.2, 0.25) is 0 Å². The van der Waals surface area contributed by atoms with Crippen LogP contribution in [-0.2, 0) is 30.8 Å². The van der Waals surface area contributed by atoms with Crippen molar-refractivity contribution >= 4 is 35.0 Å². The van der Waals surface area contributed by atoms with Gasteiger partial charge >= 0.3 is 18.3 Å². The van der Waals surface area contributed by atoms with Gasteiger partial charge in [0.1, 0.15) is 13.2 Å². The molecule has 0 aliphatic rings. The second kappa shape index (κ2) is 16.6. The van der Waals surface area contributed by atoms with Gasteiger partial charge in [-0.1, -0.05) is 97.1 Å². The van der Waals surface area contributed by atoms with Crippen LogP contribution >= 0.6 is 0 Å². The van der Waals surface area contributed by atoms with Gasteiger partial charge in [-0.25, -0.2) is 14.4 Å². The normalized spacial score (nSPS) is 11.6. The Morgan fingerprint density at radius 1 is 0.549 bits per heavy atom. The molecule has 3 N–H and O–H groups in total. The third kappa shape index (κ3) is 11.6. The van der Waals surface area contributed by atoms with Crippen LogP contribution in [0.4, 0.5) is 14.4 Å². The fraction of sp³-hybridized carbons (Fsp3) is 0.357. The molecule has 272 valence electrons. The van der Waals surface area contributed by atoms with Gasteiger partial charge in [-0.3, -0.25) is 0 Å². The summed E-state index contributed by atoms with van der Waals surface area (Å²) in [6.45, 7) is 28.0. The predicted octanol–water partition coefficient (Wildman–Crippen LogP) is 9.44. The summed E-state index contributed by atoms with van der Waals surface area (Å²) in [5.41, 5.74) is 5.72. The molecule has 51 heavy (non-hydrogen) atoms. The van der Waals surface area contributed by atoms with Crippen molar-refractivity contribution in [3.8, 4) is 0 Å². The highest BCUT2D eigenvalue weighted by molar-refractivity contribution is 5.71. The Kier molecular flexibility index (Phi) is 13.1. The van der Waals surface area contributed by atoms with Gasteiger partial charge in [-0.15, -0.1) is 0 Å². The molecular formula is C42H53N3O6. The molecule has 0 atom stereocenters. The van der Waals surface area contributed by atoms with Crippen molar-refractivity contribution in [3.63, 3.8) is 0 Å². The van der Waals surface area contributed by atoms with Gasteiger partial charge in [0, 0.05) is 0 Å². The molecular weight excluding hydrogens is 642 g/mol. The first kappa shape index (κ1) is 40.1. The summed E-state index contributed by atoms with van der Waals surface area (Å²) in [5.74, 6) is 0. The predicted molar refractivity (Wildman–Crippen MR) is 205 cm³/mol. The number of amides is 3. The lowest BCUT2D eigenvalue weighted by Gasteiger charge is -2.29. The highest BCUT2D eigenvalue weighted by atomic mass is 16.6. The van der Waals surface area contributed by atoms with Crippen molar-refractivity contribution in [1.82, 2.24) is 16.0 Å². The average Bonchev–Trinajstić information content (AvgIpc) is 3.05. The minimum Gasteiger partial charge on any atom is -0.445 e. The Balaban J connectivity index is 1.72. The molecule has 0 aromatic heterocycles. The maximum Gasteiger partial charge on any atom is 0.408 e. The number of nitrogens with one attached hydrogen (secondary N) is 3. The second-order valence-corrected chi connectivity index (χ2v) is 14.6. The molecule has 0 saturated carbocycles. The van der Waals surface area contributed by atoms with Gasteiger partial charge in [0.15, 0.2) is 6.10 Å². The Morgan fingerprint density at radius 3 is 1.31 bits per heavy atom. The summed E-state index contributed by atoms with van der Waals surface area (Å²) < 4.78 is 16.7. The zero-order valence-corrected chi connectivity index (χ0v) is 31.5. The second-order valence-electron chi connectivity index (χ2n) is 14.6. The monoisotopic (exact) mass is 695 g/mol. The maximum atomic E-state index is 13.2. The van der Waals surface area contributed by atoms with Crippen LogP contribution < -0.4 is 16.0 Å². The first-order valence-electron chi connectivity index (χ1n) is 16.9. The molecule has 0 spiro atoms. The number of rotatable bonds is 14. The first-order chi connectivity index (χ1) is 23.7. The molecule has 0 radical (unpaired) electrons. The van der Waals surface area contributed by atoms with E-state index < -0.39 is 41.0 Å². The van der Waals surface area contributed by atoms with Gasteiger partial charge in [0.05, 0.1) is 16.6 Å². The van der Waals surface area contributed by atoms with E-state index >= 15 is 0 Å². The molecule has 0 saturated heterocycles. The number of benzene rings is 3. The zero-order valence-electron chi connectivity index (χ0n) is 31.5. The van der Waals surface area contributed by atoms with Crippen LogP contribution in [0.15, 0.2) is 92.5 Å². The summed E-state index contributed by atoms with van der Waals surface area (Å²) in [6, 6.07) is 23.1. The lowest BCUT2D eigenvalue weighted by atomic mass is 9.92. The molecule has 9 heteroatoms. The fourth-order valence-electron chi connectivity index (χ4n) is 5.21. The van der Waals surface area contributed by atoms with Gasteiger partial charge in [0.25, 0.3) is 0 Å². The largest absolute Gasteiger partial charge is 0.445 e. The van der Waals surface area contributed by atoms with Crippen LogP contribution in [0.1, 0.15) is 95.7 Å². The lowest BCUT2D eigenvalue weighted by Crippen LogP contribution is -2.46. The SMILES string of the molecule is C=C(C)c1ccc(C(C)(C)NC(=O)OC(COC(=O)NC(C)(C)c2cccc(C(=C)C)c2)COC(=O)NC(C)(C)c2cccc(C(=C)C)c2)cc1. The van der Waals surface area contributed by atoms with Crippen LogP contribution in [-0.4, -0.2) is 37.6 Å². The van der Waals surface area contributed by atoms with Crippen molar-refractivity contribution in [3.05, 3.63) is 126 Å². The molecule has 3 aromatic carbocycles. The van der Waals surface area contributed by atoms with Crippen LogP contribution in [0.5, 0.6) is 0 Å². The number of carbonyl (C=O) groups is 3. The van der Waals surface area contributed by atoms with Crippen LogP contribution in [0.2, 0.25) is 0 Å². The van der Waals surface area contributed by atoms with E-state index in [0.29, 0.717) is 0 Å². The average molecular weight is 696 g/mol. The molecule has 0 unspecified atom stereocenters.